The summed E-state index contributed by atoms with van der Waals surface area (Å²) >= 11 is 1.31. The number of aromatic nitrogens is 1. The number of carbonyl (C=O) groups excluding carboxylic acids is 1. The summed E-state index contributed by atoms with van der Waals surface area (Å²) in [7, 11) is 0. The smallest absolute Gasteiger partial charge is 0.270 e. The highest BCUT2D eigenvalue weighted by Gasteiger charge is 2.16. The Balaban J connectivity index is 1.66. The Morgan fingerprint density at radius 3 is 2.91 bits per heavy atom. The maximum Gasteiger partial charge on any atom is 0.270 e. The van der Waals surface area contributed by atoms with Gasteiger partial charge in [-0.25, -0.2) is 4.98 Å². The largest absolute Gasteiger partial charge is 0.301 e. The summed E-state index contributed by atoms with van der Waals surface area (Å²) in [6.45, 7) is 2.31. The van der Waals surface area contributed by atoms with E-state index in [1.54, 1.807) is 17.5 Å². The number of thiazole rings is 1. The number of nitro groups is 1. The summed E-state index contributed by atoms with van der Waals surface area (Å²) in [5.41, 5.74) is 1.31. The molecule has 0 unspecified atom stereocenters. The number of rotatable bonds is 5. The van der Waals surface area contributed by atoms with E-state index in [2.05, 4.69) is 15.2 Å². The van der Waals surface area contributed by atoms with Crippen LogP contribution in [-0.2, 0) is 4.79 Å². The third-order valence-electron chi connectivity index (χ3n) is 3.67. The molecule has 1 N–H and O–H groups in total. The molecule has 1 aromatic carbocycles. The quantitative estimate of drug-likeness (QED) is 0.672. The minimum absolute atomic E-state index is 0.0233. The topological polar surface area (TPSA) is 88.4 Å². The maximum atomic E-state index is 12.0. The van der Waals surface area contributed by atoms with Crippen LogP contribution in [0.4, 0.5) is 10.8 Å². The molecule has 3 rings (SSSR count). The molecular formula is C15H16N4O3S. The van der Waals surface area contributed by atoms with Crippen molar-refractivity contribution in [2.45, 2.75) is 12.8 Å². The number of nitro benzene ring substituents is 1. The van der Waals surface area contributed by atoms with Crippen LogP contribution in [0.1, 0.15) is 12.8 Å². The second kappa shape index (κ2) is 6.84. The van der Waals surface area contributed by atoms with Crippen LogP contribution < -0.4 is 5.32 Å². The molecule has 1 amide bonds. The zero-order valence-electron chi connectivity index (χ0n) is 12.4. The Morgan fingerprint density at radius 1 is 1.39 bits per heavy atom. The first-order valence-corrected chi connectivity index (χ1v) is 8.22. The van der Waals surface area contributed by atoms with Gasteiger partial charge in [0.2, 0.25) is 5.91 Å². The Kier molecular flexibility index (Phi) is 4.63. The third-order valence-corrected chi connectivity index (χ3v) is 4.43. The number of hydrogen-bond donors (Lipinski definition) is 1. The van der Waals surface area contributed by atoms with E-state index in [0.29, 0.717) is 22.9 Å². The molecule has 0 atom stereocenters. The molecule has 0 saturated carbocycles. The predicted octanol–water partition coefficient (Wildman–Crippen LogP) is 2.75. The van der Waals surface area contributed by atoms with Gasteiger partial charge in [-0.15, -0.1) is 11.3 Å². The molecule has 1 fully saturated rings. The Bertz CT molecular complexity index is 725. The van der Waals surface area contributed by atoms with Crippen molar-refractivity contribution in [3.8, 4) is 11.3 Å². The maximum absolute atomic E-state index is 12.0. The molecule has 23 heavy (non-hydrogen) atoms. The summed E-state index contributed by atoms with van der Waals surface area (Å²) in [5.74, 6) is -0.0770. The van der Waals surface area contributed by atoms with Gasteiger partial charge in [-0.1, -0.05) is 12.1 Å². The number of likely N-dealkylation sites (tertiary alicyclic amines) is 1. The molecule has 1 aliphatic heterocycles. The number of non-ortho nitro benzene ring substituents is 1. The molecule has 1 aromatic heterocycles. The molecule has 1 saturated heterocycles. The van der Waals surface area contributed by atoms with Crippen molar-refractivity contribution in [1.82, 2.24) is 9.88 Å². The van der Waals surface area contributed by atoms with Crippen molar-refractivity contribution in [1.29, 1.82) is 0 Å². The molecule has 0 radical (unpaired) electrons. The number of nitrogens with zero attached hydrogens (tertiary/aromatic N) is 3. The molecule has 0 bridgehead atoms. The van der Waals surface area contributed by atoms with Crippen LogP contribution in [0.5, 0.6) is 0 Å². The Morgan fingerprint density at radius 2 is 2.17 bits per heavy atom. The third kappa shape index (κ3) is 3.91. The minimum atomic E-state index is -0.436. The van der Waals surface area contributed by atoms with Crippen molar-refractivity contribution in [3.63, 3.8) is 0 Å². The Hall–Kier alpha value is -2.32. The zero-order valence-corrected chi connectivity index (χ0v) is 13.2. The van der Waals surface area contributed by atoms with E-state index in [1.807, 2.05) is 0 Å². The SMILES string of the molecule is O=C(CN1CCCC1)Nc1nc(-c2cccc([N+](=O)[O-])c2)cs1. The van der Waals surface area contributed by atoms with Crippen molar-refractivity contribution in [2.75, 3.05) is 25.0 Å². The minimum Gasteiger partial charge on any atom is -0.301 e. The van der Waals surface area contributed by atoms with Crippen LogP contribution in [0.15, 0.2) is 29.6 Å². The van der Waals surface area contributed by atoms with Gasteiger partial charge in [0.05, 0.1) is 17.2 Å². The van der Waals surface area contributed by atoms with Gasteiger partial charge in [-0.3, -0.25) is 19.8 Å². The second-order valence-electron chi connectivity index (χ2n) is 5.38. The van der Waals surface area contributed by atoms with Gasteiger partial charge in [0.15, 0.2) is 5.13 Å². The van der Waals surface area contributed by atoms with E-state index >= 15 is 0 Å². The van der Waals surface area contributed by atoms with Gasteiger partial charge < -0.3 is 5.32 Å². The molecular weight excluding hydrogens is 316 g/mol. The zero-order chi connectivity index (χ0) is 16.2. The number of nitrogens with one attached hydrogen (secondary N) is 1. The van der Waals surface area contributed by atoms with E-state index in [0.717, 1.165) is 25.9 Å². The highest BCUT2D eigenvalue weighted by molar-refractivity contribution is 7.14. The highest BCUT2D eigenvalue weighted by Crippen LogP contribution is 2.27. The monoisotopic (exact) mass is 332 g/mol. The van der Waals surface area contributed by atoms with Gasteiger partial charge in [-0.05, 0) is 25.9 Å². The molecule has 0 spiro atoms. The lowest BCUT2D eigenvalue weighted by molar-refractivity contribution is -0.384. The van der Waals surface area contributed by atoms with Crippen LogP contribution >= 0.6 is 11.3 Å². The normalized spacial score (nSPS) is 14.8. The fourth-order valence-corrected chi connectivity index (χ4v) is 3.28. The van der Waals surface area contributed by atoms with Crippen LogP contribution in [0.25, 0.3) is 11.3 Å². The van der Waals surface area contributed by atoms with Crippen LogP contribution in [-0.4, -0.2) is 40.3 Å². The van der Waals surface area contributed by atoms with Gasteiger partial charge in [0.25, 0.3) is 5.69 Å². The van der Waals surface area contributed by atoms with E-state index in [1.165, 1.54) is 23.5 Å². The summed E-state index contributed by atoms with van der Waals surface area (Å²) < 4.78 is 0. The second-order valence-corrected chi connectivity index (χ2v) is 6.23. The number of hydrogen-bond acceptors (Lipinski definition) is 6. The van der Waals surface area contributed by atoms with Gasteiger partial charge in [0.1, 0.15) is 0 Å². The first-order chi connectivity index (χ1) is 11.1. The number of benzene rings is 1. The van der Waals surface area contributed by atoms with Gasteiger partial charge >= 0.3 is 0 Å². The van der Waals surface area contributed by atoms with Crippen LogP contribution in [0.3, 0.4) is 0 Å². The van der Waals surface area contributed by atoms with Crippen LogP contribution in [0.2, 0.25) is 0 Å². The van der Waals surface area contributed by atoms with E-state index < -0.39 is 4.92 Å². The molecule has 0 aliphatic carbocycles. The molecule has 8 heteroatoms. The van der Waals surface area contributed by atoms with E-state index in [4.69, 9.17) is 0 Å². The molecule has 7 nitrogen and oxygen atoms in total. The van der Waals surface area contributed by atoms with E-state index in [9.17, 15) is 14.9 Å². The average molecular weight is 332 g/mol. The van der Waals surface area contributed by atoms with Gasteiger partial charge in [0, 0.05) is 23.1 Å². The van der Waals surface area contributed by atoms with Crippen molar-refractivity contribution >= 4 is 28.1 Å². The highest BCUT2D eigenvalue weighted by atomic mass is 32.1. The lowest BCUT2D eigenvalue weighted by Crippen LogP contribution is -2.30. The number of amides is 1. The molecule has 2 heterocycles. The lowest BCUT2D eigenvalue weighted by Gasteiger charge is -2.12. The van der Waals surface area contributed by atoms with Crippen molar-refractivity contribution in [2.24, 2.45) is 0 Å². The fourth-order valence-electron chi connectivity index (χ4n) is 2.55. The standard InChI is InChI=1S/C15H16N4O3S/c20-14(9-18-6-1-2-7-18)17-15-16-13(10-23-15)11-4-3-5-12(8-11)19(21)22/h3-5,8,10H,1-2,6-7,9H2,(H,16,17,20). The van der Waals surface area contributed by atoms with Crippen molar-refractivity contribution < 1.29 is 9.72 Å². The first-order valence-electron chi connectivity index (χ1n) is 7.34. The summed E-state index contributed by atoms with van der Waals surface area (Å²) in [5, 5.41) is 15.9. The number of carbonyl (C=O) groups is 1. The first kappa shape index (κ1) is 15.6. The summed E-state index contributed by atoms with van der Waals surface area (Å²) in [6, 6.07) is 6.30. The van der Waals surface area contributed by atoms with Crippen molar-refractivity contribution in [3.05, 3.63) is 39.8 Å². The number of anilines is 1. The lowest BCUT2D eigenvalue weighted by atomic mass is 10.1. The van der Waals surface area contributed by atoms with E-state index in [-0.39, 0.29) is 11.6 Å². The summed E-state index contributed by atoms with van der Waals surface area (Å²) in [4.78, 5) is 28.8. The molecule has 1 aliphatic rings. The fraction of sp³-hybridized carbons (Fsp3) is 0.333. The predicted molar refractivity (Wildman–Crippen MR) is 88.5 cm³/mol. The van der Waals surface area contributed by atoms with Crippen LogP contribution in [0, 0.1) is 10.1 Å². The average Bonchev–Trinajstić information content (AvgIpc) is 3.19. The molecule has 2 aromatic rings. The summed E-state index contributed by atoms with van der Waals surface area (Å²) in [6.07, 6.45) is 2.28. The molecule has 120 valence electrons. The Labute approximate surface area is 137 Å². The van der Waals surface area contributed by atoms with Gasteiger partial charge in [-0.2, -0.15) is 0 Å².